The summed E-state index contributed by atoms with van der Waals surface area (Å²) in [5, 5.41) is 14.2. The molecule has 4 aliphatic carbocycles. The summed E-state index contributed by atoms with van der Waals surface area (Å²) in [4.78, 5) is 26.9. The second-order valence-electron chi connectivity index (χ2n) is 10.8. The van der Waals surface area contributed by atoms with E-state index >= 15 is 0 Å². The number of nitro groups is 1. The van der Waals surface area contributed by atoms with Crippen LogP contribution in [0, 0.1) is 33.3 Å². The monoisotopic (exact) mass is 427 g/mol. The number of nitrogens with zero attached hydrogens (tertiary/aromatic N) is 2. The van der Waals surface area contributed by atoms with Crippen molar-refractivity contribution in [2.75, 3.05) is 37.6 Å². The molecule has 6 rings (SSSR count). The number of hydrogen-bond acceptors (Lipinski definition) is 4. The number of carbonyl (C=O) groups excluding carboxylic acids is 1. The van der Waals surface area contributed by atoms with Crippen molar-refractivity contribution in [2.45, 2.75) is 51.5 Å². The lowest BCUT2D eigenvalue weighted by molar-refractivity contribution is -0.892. The molecule has 0 aromatic heterocycles. The molecule has 1 aromatic rings. The maximum Gasteiger partial charge on any atom is 0.275 e. The van der Waals surface area contributed by atoms with Crippen LogP contribution in [0.1, 0.15) is 45.4 Å². The number of piperazine rings is 1. The molecule has 1 saturated heterocycles. The summed E-state index contributed by atoms with van der Waals surface area (Å²) in [5.74, 6) is 2.92. The van der Waals surface area contributed by atoms with E-state index in [1.54, 1.807) is 12.1 Å². The van der Waals surface area contributed by atoms with E-state index in [9.17, 15) is 14.9 Å². The molecule has 5 fully saturated rings. The Bertz CT molecular complexity index is 796. The van der Waals surface area contributed by atoms with Gasteiger partial charge in [0.25, 0.3) is 11.6 Å². The van der Waals surface area contributed by atoms with Gasteiger partial charge in [-0.3, -0.25) is 14.9 Å². The van der Waals surface area contributed by atoms with Gasteiger partial charge < -0.3 is 15.1 Å². The van der Waals surface area contributed by atoms with E-state index in [1.165, 1.54) is 43.4 Å². The number of non-ortho nitro benzene ring substituents is 1. The van der Waals surface area contributed by atoms with Crippen LogP contribution in [0.2, 0.25) is 0 Å². The third-order valence-corrected chi connectivity index (χ3v) is 8.69. The van der Waals surface area contributed by atoms with Crippen LogP contribution in [0.5, 0.6) is 0 Å². The Morgan fingerprint density at radius 1 is 1.13 bits per heavy atom. The number of carbonyl (C=O) groups is 1. The molecule has 0 unspecified atom stereocenters. The first-order valence-electron chi connectivity index (χ1n) is 12.0. The number of nitro benzene ring substituents is 1. The standard InChI is InChI=1S/C24H34N4O3/c1-17(24-13-18-10-19(14-24)12-20(11-18)15-24)25-23(29)16-26-6-8-27(9-7-26)21-2-4-22(5-3-21)28(30)31/h2-5,17-20H,6-16H2,1H3,(H,25,29)/p+1/t17-,18?,19?,20?,24?/m0/s1. The van der Waals surface area contributed by atoms with Crippen LogP contribution in [0.3, 0.4) is 0 Å². The predicted molar refractivity (Wildman–Crippen MR) is 119 cm³/mol. The summed E-state index contributed by atoms with van der Waals surface area (Å²) >= 11 is 0. The van der Waals surface area contributed by atoms with Crippen LogP contribution in [0.15, 0.2) is 24.3 Å². The molecule has 4 saturated carbocycles. The molecule has 0 radical (unpaired) electrons. The van der Waals surface area contributed by atoms with Crippen molar-refractivity contribution < 1.29 is 14.6 Å². The zero-order chi connectivity index (χ0) is 21.6. The summed E-state index contributed by atoms with van der Waals surface area (Å²) in [7, 11) is 0. The van der Waals surface area contributed by atoms with Crippen molar-refractivity contribution in [2.24, 2.45) is 23.2 Å². The smallest absolute Gasteiger partial charge is 0.275 e. The van der Waals surface area contributed by atoms with E-state index in [2.05, 4.69) is 17.1 Å². The first kappa shape index (κ1) is 20.7. The number of nitrogens with one attached hydrogen (secondary N) is 2. The normalized spacial score (nSPS) is 33.3. The zero-order valence-corrected chi connectivity index (χ0v) is 18.5. The highest BCUT2D eigenvalue weighted by atomic mass is 16.6. The minimum atomic E-state index is -0.366. The number of amides is 1. The number of hydrogen-bond donors (Lipinski definition) is 2. The highest BCUT2D eigenvalue weighted by Gasteiger charge is 2.53. The van der Waals surface area contributed by atoms with Crippen LogP contribution in [-0.4, -0.2) is 49.6 Å². The summed E-state index contributed by atoms with van der Waals surface area (Å²) < 4.78 is 0. The van der Waals surface area contributed by atoms with Gasteiger partial charge in [-0.05, 0) is 80.8 Å². The molecule has 4 bridgehead atoms. The fourth-order valence-electron chi connectivity index (χ4n) is 7.42. The third kappa shape index (κ3) is 4.16. The van der Waals surface area contributed by atoms with Crippen LogP contribution in [0.25, 0.3) is 0 Å². The number of benzene rings is 1. The SMILES string of the molecule is C[C@H](NC(=O)C[NH+]1CCN(c2ccc([N+](=O)[O-])cc2)CC1)C12CC3CC(CC(C3)C1)C2. The molecular formula is C24H35N4O3+. The van der Waals surface area contributed by atoms with Gasteiger partial charge in [0.2, 0.25) is 0 Å². The maximum absolute atomic E-state index is 12.9. The van der Waals surface area contributed by atoms with Crippen molar-refractivity contribution >= 4 is 17.3 Å². The van der Waals surface area contributed by atoms with Crippen LogP contribution in [-0.2, 0) is 4.79 Å². The molecule has 31 heavy (non-hydrogen) atoms. The van der Waals surface area contributed by atoms with Gasteiger partial charge in [0.15, 0.2) is 6.54 Å². The largest absolute Gasteiger partial charge is 0.360 e. The Balaban J connectivity index is 1.11. The fourth-order valence-corrected chi connectivity index (χ4v) is 7.42. The van der Waals surface area contributed by atoms with E-state index in [1.807, 2.05) is 12.1 Å². The van der Waals surface area contributed by atoms with E-state index in [4.69, 9.17) is 0 Å². The van der Waals surface area contributed by atoms with Crippen molar-refractivity contribution in [3.63, 3.8) is 0 Å². The lowest BCUT2D eigenvalue weighted by atomic mass is 9.48. The van der Waals surface area contributed by atoms with Crippen LogP contribution >= 0.6 is 0 Å². The van der Waals surface area contributed by atoms with Gasteiger partial charge in [-0.15, -0.1) is 0 Å². The Labute approximate surface area is 184 Å². The van der Waals surface area contributed by atoms with Gasteiger partial charge in [0, 0.05) is 23.9 Å². The summed E-state index contributed by atoms with van der Waals surface area (Å²) in [6.45, 7) is 6.36. The summed E-state index contributed by atoms with van der Waals surface area (Å²) in [6.07, 6.45) is 8.26. The van der Waals surface area contributed by atoms with Gasteiger partial charge in [-0.1, -0.05) is 0 Å². The first-order chi connectivity index (χ1) is 14.9. The third-order valence-electron chi connectivity index (χ3n) is 8.69. The van der Waals surface area contributed by atoms with E-state index in [0.717, 1.165) is 49.6 Å². The van der Waals surface area contributed by atoms with Gasteiger partial charge in [-0.2, -0.15) is 0 Å². The van der Waals surface area contributed by atoms with E-state index in [0.29, 0.717) is 12.0 Å². The molecule has 168 valence electrons. The Hall–Kier alpha value is -2.15. The zero-order valence-electron chi connectivity index (χ0n) is 18.5. The Morgan fingerprint density at radius 3 is 2.19 bits per heavy atom. The van der Waals surface area contributed by atoms with E-state index in [-0.39, 0.29) is 22.6 Å². The Morgan fingerprint density at radius 2 is 1.68 bits per heavy atom. The van der Waals surface area contributed by atoms with Crippen molar-refractivity contribution in [1.29, 1.82) is 0 Å². The molecule has 7 nitrogen and oxygen atoms in total. The predicted octanol–water partition coefficient (Wildman–Crippen LogP) is 2.02. The van der Waals surface area contributed by atoms with Crippen molar-refractivity contribution in [3.05, 3.63) is 34.4 Å². The molecular weight excluding hydrogens is 392 g/mol. The molecule has 5 aliphatic rings. The number of quaternary nitrogens is 1. The highest BCUT2D eigenvalue weighted by Crippen LogP contribution is 2.61. The number of rotatable bonds is 6. The fraction of sp³-hybridized carbons (Fsp3) is 0.708. The van der Waals surface area contributed by atoms with Gasteiger partial charge >= 0.3 is 0 Å². The summed E-state index contributed by atoms with van der Waals surface area (Å²) in [6, 6.07) is 7.06. The summed E-state index contributed by atoms with van der Waals surface area (Å²) in [5.41, 5.74) is 1.50. The van der Waals surface area contributed by atoms with Gasteiger partial charge in [0.05, 0.1) is 31.1 Å². The second-order valence-corrected chi connectivity index (χ2v) is 10.8. The Kier molecular flexibility index (Phi) is 5.40. The van der Waals surface area contributed by atoms with Crippen LogP contribution in [0.4, 0.5) is 11.4 Å². The van der Waals surface area contributed by atoms with Gasteiger partial charge in [-0.25, -0.2) is 0 Å². The molecule has 1 aromatic carbocycles. The average Bonchev–Trinajstić information content (AvgIpc) is 2.73. The average molecular weight is 428 g/mol. The molecule has 0 spiro atoms. The molecule has 2 N–H and O–H groups in total. The van der Waals surface area contributed by atoms with Gasteiger partial charge in [0.1, 0.15) is 0 Å². The lowest BCUT2D eigenvalue weighted by Gasteiger charge is -2.59. The molecule has 1 aliphatic heterocycles. The van der Waals surface area contributed by atoms with E-state index < -0.39 is 0 Å². The molecule has 1 heterocycles. The second kappa shape index (κ2) is 8.08. The molecule has 7 heteroatoms. The number of anilines is 1. The molecule has 1 amide bonds. The highest BCUT2D eigenvalue weighted by molar-refractivity contribution is 5.77. The van der Waals surface area contributed by atoms with Crippen LogP contribution < -0.4 is 15.1 Å². The minimum absolute atomic E-state index is 0.123. The maximum atomic E-state index is 12.9. The lowest BCUT2D eigenvalue weighted by Crippen LogP contribution is -3.16. The minimum Gasteiger partial charge on any atom is -0.360 e. The first-order valence-corrected chi connectivity index (χ1v) is 12.0. The van der Waals surface area contributed by atoms with Crippen molar-refractivity contribution in [1.82, 2.24) is 5.32 Å². The molecule has 1 atom stereocenters. The quantitative estimate of drug-likeness (QED) is 0.538. The topological polar surface area (TPSA) is 79.9 Å². The van der Waals surface area contributed by atoms with Crippen molar-refractivity contribution in [3.8, 4) is 0 Å².